The van der Waals surface area contributed by atoms with Gasteiger partial charge in [0.15, 0.2) is 0 Å². The molecule has 0 spiro atoms. The van der Waals surface area contributed by atoms with Gasteiger partial charge in [-0.3, -0.25) is 0 Å². The summed E-state index contributed by atoms with van der Waals surface area (Å²) >= 11 is 0. The van der Waals surface area contributed by atoms with E-state index in [1.165, 1.54) is 0 Å². The molecule has 2 N–H and O–H groups in total. The van der Waals surface area contributed by atoms with Gasteiger partial charge in [0.1, 0.15) is 0 Å². The first-order valence-corrected chi connectivity index (χ1v) is 4.94. The number of ether oxygens (including phenoxy) is 2. The van der Waals surface area contributed by atoms with Gasteiger partial charge in [-0.25, -0.2) is 4.79 Å². The zero-order valence-electron chi connectivity index (χ0n) is 9.07. The van der Waals surface area contributed by atoms with Gasteiger partial charge >= 0.3 is 5.97 Å². The number of methoxy groups -OCH3 is 1. The van der Waals surface area contributed by atoms with E-state index in [1.54, 1.807) is 13.2 Å². The zero-order valence-corrected chi connectivity index (χ0v) is 9.07. The Morgan fingerprint density at radius 2 is 2.20 bits per heavy atom. The Bertz CT molecular complexity index is 182. The van der Waals surface area contributed by atoms with Crippen molar-refractivity contribution in [2.24, 2.45) is 0 Å². The van der Waals surface area contributed by atoms with E-state index in [4.69, 9.17) is 14.6 Å². The maximum atomic E-state index is 10.1. The highest BCUT2D eigenvalue weighted by atomic mass is 16.5. The van der Waals surface area contributed by atoms with Gasteiger partial charge < -0.3 is 19.9 Å². The average molecular weight is 217 g/mol. The Labute approximate surface area is 90.1 Å². The number of nitrogens with one attached hydrogen (secondary N) is 1. The summed E-state index contributed by atoms with van der Waals surface area (Å²) in [6.45, 7) is 3.32. The maximum Gasteiger partial charge on any atom is 0.328 e. The molecule has 5 heteroatoms. The van der Waals surface area contributed by atoms with Crippen molar-refractivity contribution in [3.63, 3.8) is 0 Å². The molecule has 0 aromatic heterocycles. The molecular formula is C10H19NO4. The second kappa shape index (κ2) is 11.2. The van der Waals surface area contributed by atoms with Crippen LogP contribution in [0.2, 0.25) is 0 Å². The number of carboxylic acid groups (broad SMARTS) is 1. The predicted octanol–water partition coefficient (Wildman–Crippen LogP) is 0.270. The molecule has 0 amide bonds. The molecule has 0 saturated carbocycles. The molecule has 0 heterocycles. The fraction of sp³-hybridized carbons (Fsp3) is 0.700. The van der Waals surface area contributed by atoms with Crippen LogP contribution in [0.5, 0.6) is 0 Å². The zero-order chi connectivity index (χ0) is 11.4. The summed E-state index contributed by atoms with van der Waals surface area (Å²) < 4.78 is 10.1. The predicted molar refractivity (Wildman–Crippen MR) is 57.0 cm³/mol. The Hall–Kier alpha value is -0.910. The Morgan fingerprint density at radius 1 is 1.40 bits per heavy atom. The van der Waals surface area contributed by atoms with Crippen molar-refractivity contribution in [2.45, 2.75) is 6.42 Å². The van der Waals surface area contributed by atoms with Gasteiger partial charge in [0, 0.05) is 26.3 Å². The minimum Gasteiger partial charge on any atom is -0.478 e. The number of hydrogen-bond acceptors (Lipinski definition) is 4. The minimum atomic E-state index is -0.917. The summed E-state index contributed by atoms with van der Waals surface area (Å²) in [5.41, 5.74) is 0. The van der Waals surface area contributed by atoms with Crippen molar-refractivity contribution in [3.8, 4) is 0 Å². The lowest BCUT2D eigenvalue weighted by molar-refractivity contribution is -0.131. The summed E-state index contributed by atoms with van der Waals surface area (Å²) in [6.07, 6.45) is 3.61. The van der Waals surface area contributed by atoms with Crippen LogP contribution in [0.4, 0.5) is 0 Å². The molecule has 0 aliphatic heterocycles. The summed E-state index contributed by atoms with van der Waals surface area (Å²) in [4.78, 5) is 10.1. The van der Waals surface area contributed by atoms with Crippen LogP contribution >= 0.6 is 0 Å². The SMILES string of the molecule is COCCOCCCNC/C=C/C(=O)O. The van der Waals surface area contributed by atoms with E-state index in [0.717, 1.165) is 19.0 Å². The summed E-state index contributed by atoms with van der Waals surface area (Å²) in [5, 5.41) is 11.4. The molecule has 5 nitrogen and oxygen atoms in total. The van der Waals surface area contributed by atoms with E-state index in [1.807, 2.05) is 0 Å². The van der Waals surface area contributed by atoms with Crippen molar-refractivity contribution in [3.05, 3.63) is 12.2 Å². The molecule has 0 saturated heterocycles. The van der Waals surface area contributed by atoms with E-state index in [0.29, 0.717) is 26.4 Å². The monoisotopic (exact) mass is 217 g/mol. The lowest BCUT2D eigenvalue weighted by Crippen LogP contribution is -2.17. The first-order chi connectivity index (χ1) is 7.27. The summed E-state index contributed by atoms with van der Waals surface area (Å²) in [7, 11) is 1.64. The highest BCUT2D eigenvalue weighted by molar-refractivity contribution is 5.79. The van der Waals surface area contributed by atoms with Gasteiger partial charge in [-0.2, -0.15) is 0 Å². The molecule has 88 valence electrons. The van der Waals surface area contributed by atoms with Crippen LogP contribution in [0.3, 0.4) is 0 Å². The lowest BCUT2D eigenvalue weighted by Gasteiger charge is -2.03. The van der Waals surface area contributed by atoms with Crippen LogP contribution in [-0.4, -0.2) is 51.1 Å². The van der Waals surface area contributed by atoms with Crippen molar-refractivity contribution in [2.75, 3.05) is 40.0 Å². The maximum absolute atomic E-state index is 10.1. The normalized spacial score (nSPS) is 11.0. The highest BCUT2D eigenvalue weighted by Gasteiger charge is 1.89. The van der Waals surface area contributed by atoms with Gasteiger partial charge in [0.25, 0.3) is 0 Å². The van der Waals surface area contributed by atoms with Crippen molar-refractivity contribution < 1.29 is 19.4 Å². The number of hydrogen-bond donors (Lipinski definition) is 2. The molecule has 0 rings (SSSR count). The molecule has 0 bridgehead atoms. The molecule has 0 aliphatic rings. The Kier molecular flexibility index (Phi) is 10.5. The molecular weight excluding hydrogens is 198 g/mol. The van der Waals surface area contributed by atoms with Crippen molar-refractivity contribution in [1.29, 1.82) is 0 Å². The molecule has 0 aliphatic carbocycles. The molecule has 0 radical (unpaired) electrons. The van der Waals surface area contributed by atoms with E-state index in [9.17, 15) is 4.79 Å². The summed E-state index contributed by atoms with van der Waals surface area (Å²) in [5.74, 6) is -0.917. The van der Waals surface area contributed by atoms with Gasteiger partial charge in [-0.05, 0) is 13.0 Å². The third kappa shape index (κ3) is 13.1. The lowest BCUT2D eigenvalue weighted by atomic mass is 10.4. The van der Waals surface area contributed by atoms with Crippen LogP contribution in [0, 0.1) is 0 Å². The van der Waals surface area contributed by atoms with Gasteiger partial charge in [0.05, 0.1) is 13.2 Å². The van der Waals surface area contributed by atoms with Gasteiger partial charge in [0.2, 0.25) is 0 Å². The molecule has 0 fully saturated rings. The number of carbonyl (C=O) groups is 1. The number of aliphatic carboxylic acids is 1. The molecule has 0 aromatic rings. The van der Waals surface area contributed by atoms with Crippen LogP contribution in [0.25, 0.3) is 0 Å². The van der Waals surface area contributed by atoms with E-state index in [2.05, 4.69) is 5.32 Å². The van der Waals surface area contributed by atoms with Crippen LogP contribution in [0.15, 0.2) is 12.2 Å². The van der Waals surface area contributed by atoms with Crippen molar-refractivity contribution in [1.82, 2.24) is 5.32 Å². The largest absolute Gasteiger partial charge is 0.478 e. The molecule has 0 aromatic carbocycles. The Morgan fingerprint density at radius 3 is 2.87 bits per heavy atom. The third-order valence-corrected chi connectivity index (χ3v) is 1.60. The van der Waals surface area contributed by atoms with Gasteiger partial charge in [-0.1, -0.05) is 6.08 Å². The average Bonchev–Trinajstić information content (AvgIpc) is 2.20. The quantitative estimate of drug-likeness (QED) is 0.406. The molecule has 0 atom stereocenters. The van der Waals surface area contributed by atoms with Crippen LogP contribution < -0.4 is 5.32 Å². The fourth-order valence-corrected chi connectivity index (χ4v) is 0.889. The minimum absolute atomic E-state index is 0.574. The van der Waals surface area contributed by atoms with Gasteiger partial charge in [-0.15, -0.1) is 0 Å². The van der Waals surface area contributed by atoms with E-state index >= 15 is 0 Å². The third-order valence-electron chi connectivity index (χ3n) is 1.60. The van der Waals surface area contributed by atoms with Crippen LogP contribution in [0.1, 0.15) is 6.42 Å². The Balaban J connectivity index is 3.02. The molecule has 0 unspecified atom stereocenters. The number of carboxylic acids is 1. The molecule has 15 heavy (non-hydrogen) atoms. The topological polar surface area (TPSA) is 67.8 Å². The second-order valence-electron chi connectivity index (χ2n) is 2.90. The fourth-order valence-electron chi connectivity index (χ4n) is 0.889. The standard InChI is InChI=1S/C10H19NO4/c1-14-8-9-15-7-3-6-11-5-2-4-10(12)13/h2,4,11H,3,5-9H2,1H3,(H,12,13)/b4-2+. The first kappa shape index (κ1) is 14.1. The van der Waals surface area contributed by atoms with Crippen molar-refractivity contribution >= 4 is 5.97 Å². The van der Waals surface area contributed by atoms with Crippen LogP contribution in [-0.2, 0) is 14.3 Å². The van der Waals surface area contributed by atoms with E-state index < -0.39 is 5.97 Å². The first-order valence-electron chi connectivity index (χ1n) is 4.94. The summed E-state index contributed by atoms with van der Waals surface area (Å²) in [6, 6.07) is 0. The highest BCUT2D eigenvalue weighted by Crippen LogP contribution is 1.81. The second-order valence-corrected chi connectivity index (χ2v) is 2.90. The smallest absolute Gasteiger partial charge is 0.328 e. The number of rotatable bonds is 10. The van der Waals surface area contributed by atoms with E-state index in [-0.39, 0.29) is 0 Å².